The molecule has 1 N–H and O–H groups in total. The smallest absolute Gasteiger partial charge is 0.270 e. The molecule has 0 aliphatic carbocycles. The number of benzene rings is 1. The van der Waals surface area contributed by atoms with Gasteiger partial charge in [-0.3, -0.25) is 10.1 Å². The summed E-state index contributed by atoms with van der Waals surface area (Å²) in [5.74, 6) is 0.396. The maximum atomic E-state index is 10.7. The van der Waals surface area contributed by atoms with Crippen LogP contribution in [0.5, 0.6) is 0 Å². The predicted octanol–water partition coefficient (Wildman–Crippen LogP) is 1.62. The highest BCUT2D eigenvalue weighted by molar-refractivity contribution is 5.58. The third kappa shape index (κ3) is 3.35. The number of rotatable bonds is 4. The molecule has 0 spiro atoms. The highest BCUT2D eigenvalue weighted by Gasteiger charge is 2.15. The van der Waals surface area contributed by atoms with E-state index in [0.29, 0.717) is 17.9 Å². The van der Waals surface area contributed by atoms with Crippen molar-refractivity contribution in [1.82, 2.24) is 14.8 Å². The van der Waals surface area contributed by atoms with Crippen molar-refractivity contribution < 1.29 is 10.0 Å². The molecular formula is C12H14N4O3. The number of nitrogens with zero attached hydrogens (tertiary/aromatic N) is 4. The molecule has 0 unspecified atom stereocenters. The molecule has 1 aromatic heterocycles. The molecule has 0 radical (unpaired) electrons. The number of aromatic nitrogens is 3. The Bertz CT molecular complexity index is 601. The van der Waals surface area contributed by atoms with Gasteiger partial charge >= 0.3 is 0 Å². The zero-order chi connectivity index (χ0) is 14.0. The molecular weight excluding hydrogens is 248 g/mol. The van der Waals surface area contributed by atoms with E-state index in [-0.39, 0.29) is 5.69 Å². The van der Waals surface area contributed by atoms with Crippen LogP contribution in [-0.4, -0.2) is 30.4 Å². The molecule has 0 aliphatic heterocycles. The molecule has 1 aromatic carbocycles. The number of nitro benzene ring substituents is 1. The summed E-state index contributed by atoms with van der Waals surface area (Å²) in [5, 5.41) is 24.6. The summed E-state index contributed by atoms with van der Waals surface area (Å²) in [6.45, 7) is 3.64. The van der Waals surface area contributed by atoms with E-state index in [1.807, 2.05) is 0 Å². The van der Waals surface area contributed by atoms with Gasteiger partial charge in [-0.15, -0.1) is 0 Å². The molecule has 1 heterocycles. The third-order valence-corrected chi connectivity index (χ3v) is 2.40. The van der Waals surface area contributed by atoms with Gasteiger partial charge in [-0.2, -0.15) is 5.10 Å². The maximum Gasteiger partial charge on any atom is 0.270 e. The van der Waals surface area contributed by atoms with Gasteiger partial charge in [0.05, 0.1) is 17.1 Å². The second-order valence-electron chi connectivity index (χ2n) is 4.89. The third-order valence-electron chi connectivity index (χ3n) is 2.40. The number of hydrogen-bond donors (Lipinski definition) is 1. The molecule has 19 heavy (non-hydrogen) atoms. The van der Waals surface area contributed by atoms with Crippen LogP contribution in [0.15, 0.2) is 30.6 Å². The van der Waals surface area contributed by atoms with Crippen molar-refractivity contribution in [3.63, 3.8) is 0 Å². The van der Waals surface area contributed by atoms with E-state index in [0.717, 1.165) is 0 Å². The van der Waals surface area contributed by atoms with Gasteiger partial charge in [0.25, 0.3) is 5.69 Å². The van der Waals surface area contributed by atoms with Crippen LogP contribution in [-0.2, 0) is 6.54 Å². The molecule has 7 heteroatoms. The van der Waals surface area contributed by atoms with Crippen LogP contribution in [0.3, 0.4) is 0 Å². The molecule has 100 valence electrons. The minimum absolute atomic E-state index is 0.00339. The molecule has 0 amide bonds. The normalized spacial score (nSPS) is 11.5. The van der Waals surface area contributed by atoms with Gasteiger partial charge in [-0.05, 0) is 13.8 Å². The second-order valence-corrected chi connectivity index (χ2v) is 4.89. The largest absolute Gasteiger partial charge is 0.389 e. The van der Waals surface area contributed by atoms with E-state index in [4.69, 9.17) is 0 Å². The van der Waals surface area contributed by atoms with Gasteiger partial charge in [0.1, 0.15) is 6.33 Å². The first-order chi connectivity index (χ1) is 8.85. The number of non-ortho nitro benzene ring substituents is 1. The zero-order valence-corrected chi connectivity index (χ0v) is 10.6. The predicted molar refractivity (Wildman–Crippen MR) is 68.4 cm³/mol. The van der Waals surface area contributed by atoms with Gasteiger partial charge in [-0.25, -0.2) is 9.67 Å². The quantitative estimate of drug-likeness (QED) is 0.667. The first-order valence-electron chi connectivity index (χ1n) is 5.72. The number of hydrogen-bond acceptors (Lipinski definition) is 5. The lowest BCUT2D eigenvalue weighted by Gasteiger charge is -2.15. The molecule has 7 nitrogen and oxygen atoms in total. The summed E-state index contributed by atoms with van der Waals surface area (Å²) >= 11 is 0. The van der Waals surface area contributed by atoms with Gasteiger partial charge in [0.15, 0.2) is 5.82 Å². The van der Waals surface area contributed by atoms with Crippen LogP contribution in [0.4, 0.5) is 5.69 Å². The lowest BCUT2D eigenvalue weighted by Crippen LogP contribution is -2.26. The highest BCUT2D eigenvalue weighted by atomic mass is 16.6. The number of aliphatic hydroxyl groups is 1. The van der Waals surface area contributed by atoms with E-state index >= 15 is 0 Å². The Balaban J connectivity index is 2.28. The lowest BCUT2D eigenvalue weighted by molar-refractivity contribution is -0.384. The molecule has 0 atom stereocenters. The van der Waals surface area contributed by atoms with E-state index in [2.05, 4.69) is 10.1 Å². The lowest BCUT2D eigenvalue weighted by atomic mass is 10.1. The molecule has 0 saturated carbocycles. The molecule has 2 rings (SSSR count). The SMILES string of the molecule is CC(C)(O)Cn1cnc(-c2cccc([N+](=O)[O-])c2)n1. The van der Waals surface area contributed by atoms with Gasteiger partial charge in [0, 0.05) is 17.7 Å². The summed E-state index contributed by atoms with van der Waals surface area (Å²) in [6.07, 6.45) is 1.49. The Morgan fingerprint density at radius 2 is 2.21 bits per heavy atom. The summed E-state index contributed by atoms with van der Waals surface area (Å²) in [6, 6.07) is 6.13. The summed E-state index contributed by atoms with van der Waals surface area (Å²) in [7, 11) is 0. The fourth-order valence-electron chi connectivity index (χ4n) is 1.66. The fourth-order valence-corrected chi connectivity index (χ4v) is 1.66. The monoisotopic (exact) mass is 262 g/mol. The van der Waals surface area contributed by atoms with Crippen molar-refractivity contribution in [3.05, 3.63) is 40.7 Å². The molecule has 0 fully saturated rings. The van der Waals surface area contributed by atoms with Crippen molar-refractivity contribution >= 4 is 5.69 Å². The van der Waals surface area contributed by atoms with Crippen LogP contribution in [0.25, 0.3) is 11.4 Å². The van der Waals surface area contributed by atoms with Gasteiger partial charge < -0.3 is 5.11 Å². The minimum atomic E-state index is -0.895. The van der Waals surface area contributed by atoms with Crippen molar-refractivity contribution in [2.24, 2.45) is 0 Å². The molecule has 0 aliphatic rings. The Morgan fingerprint density at radius 3 is 2.84 bits per heavy atom. The van der Waals surface area contributed by atoms with Gasteiger partial charge in [0.2, 0.25) is 0 Å². The summed E-state index contributed by atoms with van der Waals surface area (Å²) in [5.41, 5.74) is -0.326. The average molecular weight is 262 g/mol. The van der Waals surface area contributed by atoms with Crippen molar-refractivity contribution in [2.45, 2.75) is 26.0 Å². The molecule has 0 bridgehead atoms. The summed E-state index contributed by atoms with van der Waals surface area (Å²) in [4.78, 5) is 14.3. The Morgan fingerprint density at radius 1 is 1.47 bits per heavy atom. The van der Waals surface area contributed by atoms with E-state index in [1.165, 1.54) is 23.1 Å². The van der Waals surface area contributed by atoms with Crippen LogP contribution in [0.1, 0.15) is 13.8 Å². The first-order valence-corrected chi connectivity index (χ1v) is 5.72. The summed E-state index contributed by atoms with van der Waals surface area (Å²) < 4.78 is 1.51. The van der Waals surface area contributed by atoms with Crippen LogP contribution < -0.4 is 0 Å². The van der Waals surface area contributed by atoms with Crippen LogP contribution >= 0.6 is 0 Å². The Hall–Kier alpha value is -2.28. The topological polar surface area (TPSA) is 94.1 Å². The zero-order valence-electron chi connectivity index (χ0n) is 10.6. The Labute approximate surface area is 109 Å². The maximum absolute atomic E-state index is 10.7. The Kier molecular flexibility index (Phi) is 3.30. The molecule has 0 saturated heterocycles. The standard InChI is InChI=1S/C12H14N4O3/c1-12(2,17)7-15-8-13-11(14-15)9-4-3-5-10(6-9)16(18)19/h3-6,8,17H,7H2,1-2H3. The first kappa shape index (κ1) is 13.2. The van der Waals surface area contributed by atoms with Gasteiger partial charge in [-0.1, -0.05) is 12.1 Å². The number of nitro groups is 1. The van der Waals surface area contributed by atoms with Crippen LogP contribution in [0.2, 0.25) is 0 Å². The van der Waals surface area contributed by atoms with Crippen molar-refractivity contribution in [1.29, 1.82) is 0 Å². The minimum Gasteiger partial charge on any atom is -0.389 e. The second kappa shape index (κ2) is 4.77. The average Bonchev–Trinajstić information content (AvgIpc) is 2.75. The van der Waals surface area contributed by atoms with E-state index in [9.17, 15) is 15.2 Å². The molecule has 2 aromatic rings. The van der Waals surface area contributed by atoms with E-state index in [1.54, 1.807) is 26.0 Å². The van der Waals surface area contributed by atoms with E-state index < -0.39 is 10.5 Å². The van der Waals surface area contributed by atoms with Crippen molar-refractivity contribution in [3.8, 4) is 11.4 Å². The highest BCUT2D eigenvalue weighted by Crippen LogP contribution is 2.20. The van der Waals surface area contributed by atoms with Crippen molar-refractivity contribution in [2.75, 3.05) is 0 Å². The fraction of sp³-hybridized carbons (Fsp3) is 0.333. The van der Waals surface area contributed by atoms with Crippen LogP contribution in [0, 0.1) is 10.1 Å².